The SMILES string of the molecule is Cc1ccc(C(=O)N2CCC(c3ccc(C#N)cc3)CC2)cc1NC(=O)NCCCNC(=O)OC(C)(C)C. The first-order valence-electron chi connectivity index (χ1n) is 13.0. The molecular formula is C29H37N5O4. The van der Waals surface area contributed by atoms with Crippen LogP contribution in [0.4, 0.5) is 15.3 Å². The van der Waals surface area contributed by atoms with E-state index in [2.05, 4.69) is 22.0 Å². The molecule has 4 amide bonds. The number of nitrogens with zero attached hydrogens (tertiary/aromatic N) is 2. The van der Waals surface area contributed by atoms with E-state index >= 15 is 0 Å². The number of piperidine rings is 1. The quantitative estimate of drug-likeness (QED) is 0.448. The van der Waals surface area contributed by atoms with E-state index in [0.29, 0.717) is 55.3 Å². The molecule has 0 radical (unpaired) electrons. The normalized spacial score (nSPS) is 13.8. The predicted molar refractivity (Wildman–Crippen MR) is 146 cm³/mol. The monoisotopic (exact) mass is 519 g/mol. The number of hydrogen-bond acceptors (Lipinski definition) is 5. The minimum atomic E-state index is -0.557. The van der Waals surface area contributed by atoms with Crippen LogP contribution in [0.15, 0.2) is 42.5 Å². The van der Waals surface area contributed by atoms with Crippen LogP contribution in [0.5, 0.6) is 0 Å². The molecule has 0 atom stereocenters. The van der Waals surface area contributed by atoms with E-state index < -0.39 is 11.7 Å². The Labute approximate surface area is 224 Å². The highest BCUT2D eigenvalue weighted by atomic mass is 16.6. The molecule has 0 bridgehead atoms. The topological polar surface area (TPSA) is 124 Å². The average molecular weight is 520 g/mol. The molecule has 1 saturated heterocycles. The van der Waals surface area contributed by atoms with Crippen molar-refractivity contribution >= 4 is 23.7 Å². The van der Waals surface area contributed by atoms with Gasteiger partial charge in [0.15, 0.2) is 0 Å². The molecule has 1 heterocycles. The Morgan fingerprint density at radius 3 is 2.32 bits per heavy atom. The Kier molecular flexibility index (Phi) is 9.72. The molecule has 0 spiro atoms. The van der Waals surface area contributed by atoms with Gasteiger partial charge in [0.05, 0.1) is 11.6 Å². The van der Waals surface area contributed by atoms with Crippen LogP contribution in [-0.2, 0) is 4.74 Å². The number of alkyl carbamates (subject to hydrolysis) is 1. The number of nitriles is 1. The zero-order valence-corrected chi connectivity index (χ0v) is 22.6. The lowest BCUT2D eigenvalue weighted by Crippen LogP contribution is -2.38. The number of aryl methyl sites for hydroxylation is 1. The zero-order chi connectivity index (χ0) is 27.7. The second-order valence-corrected chi connectivity index (χ2v) is 10.5. The number of carbonyl (C=O) groups excluding carboxylic acids is 3. The van der Waals surface area contributed by atoms with Gasteiger partial charge in [-0.25, -0.2) is 9.59 Å². The Morgan fingerprint density at radius 2 is 1.68 bits per heavy atom. The van der Waals surface area contributed by atoms with Crippen molar-refractivity contribution < 1.29 is 19.1 Å². The number of rotatable bonds is 7. The molecule has 1 aliphatic rings. The number of likely N-dealkylation sites (tertiary alicyclic amines) is 1. The van der Waals surface area contributed by atoms with Gasteiger partial charge in [-0.05, 0) is 88.3 Å². The maximum atomic E-state index is 13.2. The van der Waals surface area contributed by atoms with Gasteiger partial charge in [-0.3, -0.25) is 4.79 Å². The zero-order valence-electron chi connectivity index (χ0n) is 22.6. The maximum Gasteiger partial charge on any atom is 0.407 e. The van der Waals surface area contributed by atoms with Crippen LogP contribution in [0, 0.1) is 18.3 Å². The Balaban J connectivity index is 1.46. The highest BCUT2D eigenvalue weighted by Gasteiger charge is 2.25. The van der Waals surface area contributed by atoms with Crippen molar-refractivity contribution in [3.8, 4) is 6.07 Å². The van der Waals surface area contributed by atoms with Gasteiger partial charge in [0.2, 0.25) is 0 Å². The van der Waals surface area contributed by atoms with Gasteiger partial charge in [0.25, 0.3) is 5.91 Å². The van der Waals surface area contributed by atoms with E-state index in [1.165, 1.54) is 5.56 Å². The number of urea groups is 1. The van der Waals surface area contributed by atoms with Crippen LogP contribution in [0.1, 0.15) is 73.0 Å². The lowest BCUT2D eigenvalue weighted by Gasteiger charge is -2.32. The number of benzene rings is 2. The summed E-state index contributed by atoms with van der Waals surface area (Å²) in [5, 5.41) is 17.2. The fourth-order valence-corrected chi connectivity index (χ4v) is 4.28. The van der Waals surface area contributed by atoms with Crippen molar-refractivity contribution in [2.45, 2.75) is 58.5 Å². The van der Waals surface area contributed by atoms with Crippen LogP contribution >= 0.6 is 0 Å². The summed E-state index contributed by atoms with van der Waals surface area (Å²) in [4.78, 5) is 39.1. The predicted octanol–water partition coefficient (Wildman–Crippen LogP) is 4.92. The van der Waals surface area contributed by atoms with E-state index in [9.17, 15) is 14.4 Å². The Bertz CT molecular complexity index is 1170. The fourth-order valence-electron chi connectivity index (χ4n) is 4.28. The molecule has 1 aliphatic heterocycles. The summed E-state index contributed by atoms with van der Waals surface area (Å²) in [6, 6.07) is 14.8. The van der Waals surface area contributed by atoms with Gasteiger partial charge in [-0.15, -0.1) is 0 Å². The third-order valence-corrected chi connectivity index (χ3v) is 6.33. The van der Waals surface area contributed by atoms with Crippen LogP contribution in [0.25, 0.3) is 0 Å². The molecule has 9 nitrogen and oxygen atoms in total. The van der Waals surface area contributed by atoms with Crippen molar-refractivity contribution in [3.05, 3.63) is 64.7 Å². The summed E-state index contributed by atoms with van der Waals surface area (Å²) in [5.74, 6) is 0.310. The van der Waals surface area contributed by atoms with Crippen molar-refractivity contribution in [1.82, 2.24) is 15.5 Å². The maximum absolute atomic E-state index is 13.2. The second kappa shape index (κ2) is 13.0. The van der Waals surface area contributed by atoms with Crippen molar-refractivity contribution in [2.75, 3.05) is 31.5 Å². The molecule has 2 aromatic rings. The van der Waals surface area contributed by atoms with E-state index in [1.54, 1.807) is 32.9 Å². The Hall–Kier alpha value is -4.06. The second-order valence-electron chi connectivity index (χ2n) is 10.5. The standard InChI is InChI=1S/C29H37N5O4/c1-20-6-9-24(18-25(20)33-27(36)31-14-5-15-32-28(37)38-29(2,3)4)26(35)34-16-12-23(13-17-34)22-10-7-21(19-30)8-11-22/h6-11,18,23H,5,12-17H2,1-4H3,(H,32,37)(H2,31,33,36). The van der Waals surface area contributed by atoms with Gasteiger partial charge in [-0.2, -0.15) is 5.26 Å². The summed E-state index contributed by atoms with van der Waals surface area (Å²) in [6.45, 7) is 9.31. The molecule has 38 heavy (non-hydrogen) atoms. The minimum absolute atomic E-state index is 0.0556. The van der Waals surface area contributed by atoms with E-state index in [0.717, 1.165) is 18.4 Å². The van der Waals surface area contributed by atoms with Gasteiger partial charge in [0, 0.05) is 37.4 Å². The molecule has 0 saturated carbocycles. The molecule has 0 aromatic heterocycles. The van der Waals surface area contributed by atoms with Gasteiger partial charge in [0.1, 0.15) is 5.60 Å². The first-order valence-corrected chi connectivity index (χ1v) is 13.0. The smallest absolute Gasteiger partial charge is 0.407 e. The highest BCUT2D eigenvalue weighted by molar-refractivity contribution is 5.97. The fraction of sp³-hybridized carbons (Fsp3) is 0.448. The van der Waals surface area contributed by atoms with Gasteiger partial charge >= 0.3 is 12.1 Å². The third kappa shape index (κ3) is 8.51. The molecule has 202 valence electrons. The van der Waals surface area contributed by atoms with Crippen LogP contribution in [-0.4, -0.2) is 54.7 Å². The molecule has 3 N–H and O–H groups in total. The molecule has 2 aromatic carbocycles. The largest absolute Gasteiger partial charge is 0.444 e. The third-order valence-electron chi connectivity index (χ3n) is 6.33. The Morgan fingerprint density at radius 1 is 1.03 bits per heavy atom. The highest BCUT2D eigenvalue weighted by Crippen LogP contribution is 2.29. The van der Waals surface area contributed by atoms with Gasteiger partial charge < -0.3 is 25.6 Å². The summed E-state index contributed by atoms with van der Waals surface area (Å²) >= 11 is 0. The number of hydrogen-bond donors (Lipinski definition) is 3. The minimum Gasteiger partial charge on any atom is -0.444 e. The number of amides is 4. The number of ether oxygens (including phenoxy) is 1. The van der Waals surface area contributed by atoms with Crippen molar-refractivity contribution in [3.63, 3.8) is 0 Å². The average Bonchev–Trinajstić information content (AvgIpc) is 2.88. The first kappa shape index (κ1) is 28.5. The summed E-state index contributed by atoms with van der Waals surface area (Å²) < 4.78 is 5.17. The molecule has 0 aliphatic carbocycles. The van der Waals surface area contributed by atoms with E-state index in [-0.39, 0.29) is 11.9 Å². The molecule has 0 unspecified atom stereocenters. The van der Waals surface area contributed by atoms with Crippen LogP contribution in [0.3, 0.4) is 0 Å². The molecule has 3 rings (SSSR count). The number of nitrogens with one attached hydrogen (secondary N) is 3. The van der Waals surface area contributed by atoms with Crippen molar-refractivity contribution in [1.29, 1.82) is 5.26 Å². The summed E-state index contributed by atoms with van der Waals surface area (Å²) in [5.41, 5.74) is 3.25. The van der Waals surface area contributed by atoms with Crippen LogP contribution in [0.2, 0.25) is 0 Å². The molecular weight excluding hydrogens is 482 g/mol. The van der Waals surface area contributed by atoms with E-state index in [1.807, 2.05) is 42.2 Å². The molecule has 9 heteroatoms. The van der Waals surface area contributed by atoms with Crippen LogP contribution < -0.4 is 16.0 Å². The van der Waals surface area contributed by atoms with Crippen molar-refractivity contribution in [2.24, 2.45) is 0 Å². The lowest BCUT2D eigenvalue weighted by atomic mass is 9.89. The summed E-state index contributed by atoms with van der Waals surface area (Å²) in [7, 11) is 0. The first-order chi connectivity index (χ1) is 18.1. The lowest BCUT2D eigenvalue weighted by molar-refractivity contribution is 0.0527. The molecule has 1 fully saturated rings. The van der Waals surface area contributed by atoms with E-state index in [4.69, 9.17) is 10.00 Å². The van der Waals surface area contributed by atoms with Gasteiger partial charge in [-0.1, -0.05) is 18.2 Å². The number of anilines is 1. The summed E-state index contributed by atoms with van der Waals surface area (Å²) in [6.07, 6.45) is 1.78. The number of carbonyl (C=O) groups is 3.